The molecule has 0 saturated carbocycles. The van der Waals surface area contributed by atoms with Crippen molar-refractivity contribution in [3.05, 3.63) is 54.1 Å². The highest BCUT2D eigenvalue weighted by Crippen LogP contribution is 2.36. The largest absolute Gasteiger partial charge is 0.284 e. The van der Waals surface area contributed by atoms with E-state index < -0.39 is 13.8 Å². The van der Waals surface area contributed by atoms with Gasteiger partial charge in [0.05, 0.1) is 0 Å². The Bertz CT molecular complexity index is 575. The Labute approximate surface area is 109 Å². The monoisotopic (exact) mass is 314 g/mol. The average molecular weight is 315 g/mol. The lowest BCUT2D eigenvalue weighted by Crippen LogP contribution is -2.29. The summed E-state index contributed by atoms with van der Waals surface area (Å²) in [5.41, 5.74) is 1.97. The summed E-state index contributed by atoms with van der Waals surface area (Å²) in [6.07, 6.45) is 5.15. The van der Waals surface area contributed by atoms with Gasteiger partial charge in [0.15, 0.2) is 3.66 Å². The van der Waals surface area contributed by atoms with E-state index in [9.17, 15) is 8.42 Å². The van der Waals surface area contributed by atoms with Gasteiger partial charge in [0.25, 0.3) is 10.1 Å². The molecule has 17 heavy (non-hydrogen) atoms. The standard InChI is InChI=1S/C12H11BrO3S/c13-12(17(14,15)16)8-6-11(7-9-12)10-4-2-1-3-5-10/h1-8H,9H2,(H,14,15,16). The van der Waals surface area contributed by atoms with Crippen molar-refractivity contribution < 1.29 is 13.0 Å². The fourth-order valence-electron chi connectivity index (χ4n) is 1.64. The minimum atomic E-state index is -4.15. The van der Waals surface area contributed by atoms with Gasteiger partial charge in [-0.3, -0.25) is 4.55 Å². The Balaban J connectivity index is 2.29. The highest BCUT2D eigenvalue weighted by Gasteiger charge is 2.38. The van der Waals surface area contributed by atoms with Crippen LogP contribution in [0.4, 0.5) is 0 Å². The average Bonchev–Trinajstić information content (AvgIpc) is 2.30. The lowest BCUT2D eigenvalue weighted by molar-refractivity contribution is 0.471. The SMILES string of the molecule is O=S(=O)(O)C1(Br)C=CC(c2ccccc2)=CC1. The van der Waals surface area contributed by atoms with Crippen LogP contribution in [-0.2, 0) is 10.1 Å². The quantitative estimate of drug-likeness (QED) is 0.674. The van der Waals surface area contributed by atoms with E-state index in [1.54, 1.807) is 12.2 Å². The molecule has 90 valence electrons. The smallest absolute Gasteiger partial charge is 0.284 e. The summed E-state index contributed by atoms with van der Waals surface area (Å²) in [7, 11) is -4.15. The van der Waals surface area contributed by atoms with Crippen molar-refractivity contribution in [1.82, 2.24) is 0 Å². The van der Waals surface area contributed by atoms with Crippen molar-refractivity contribution in [3.8, 4) is 0 Å². The molecule has 1 aromatic rings. The van der Waals surface area contributed by atoms with Gasteiger partial charge in [0, 0.05) is 6.42 Å². The number of alkyl halides is 1. The molecule has 1 aliphatic rings. The predicted molar refractivity (Wildman–Crippen MR) is 71.4 cm³/mol. The Morgan fingerprint density at radius 3 is 2.35 bits per heavy atom. The molecule has 3 nitrogen and oxygen atoms in total. The Morgan fingerprint density at radius 1 is 1.24 bits per heavy atom. The molecule has 0 spiro atoms. The molecular formula is C12H11BrO3S. The molecule has 5 heteroatoms. The van der Waals surface area contributed by atoms with E-state index in [0.717, 1.165) is 11.1 Å². The van der Waals surface area contributed by atoms with Gasteiger partial charge in [0.1, 0.15) is 0 Å². The van der Waals surface area contributed by atoms with E-state index in [-0.39, 0.29) is 6.42 Å². The molecule has 0 bridgehead atoms. The highest BCUT2D eigenvalue weighted by molar-refractivity contribution is 9.11. The zero-order valence-corrected chi connectivity index (χ0v) is 11.3. The van der Waals surface area contributed by atoms with Crippen LogP contribution in [0.15, 0.2) is 48.6 Å². The summed E-state index contributed by atoms with van der Waals surface area (Å²) in [6.45, 7) is 0. The number of hydrogen-bond donors (Lipinski definition) is 1. The Morgan fingerprint density at radius 2 is 1.88 bits per heavy atom. The number of halogens is 1. The number of rotatable bonds is 2. The van der Waals surface area contributed by atoms with Crippen molar-refractivity contribution in [1.29, 1.82) is 0 Å². The molecule has 1 aliphatic carbocycles. The lowest BCUT2D eigenvalue weighted by Gasteiger charge is -2.22. The maximum Gasteiger partial charge on any atom is 0.284 e. The third kappa shape index (κ3) is 2.51. The van der Waals surface area contributed by atoms with Gasteiger partial charge in [-0.1, -0.05) is 58.4 Å². The van der Waals surface area contributed by atoms with Crippen molar-refractivity contribution in [3.63, 3.8) is 0 Å². The lowest BCUT2D eigenvalue weighted by atomic mass is 9.99. The van der Waals surface area contributed by atoms with Crippen LogP contribution in [0.2, 0.25) is 0 Å². The van der Waals surface area contributed by atoms with Gasteiger partial charge >= 0.3 is 0 Å². The van der Waals surface area contributed by atoms with Crippen LogP contribution in [0.25, 0.3) is 5.57 Å². The molecule has 0 radical (unpaired) electrons. The molecule has 0 heterocycles. The second-order valence-corrected chi connectivity index (χ2v) is 7.44. The van der Waals surface area contributed by atoms with E-state index in [0.29, 0.717) is 0 Å². The van der Waals surface area contributed by atoms with Gasteiger partial charge in [-0.2, -0.15) is 8.42 Å². The molecule has 1 atom stereocenters. The van der Waals surface area contributed by atoms with Crippen LogP contribution in [0.5, 0.6) is 0 Å². The molecule has 0 fully saturated rings. The first kappa shape index (κ1) is 12.5. The zero-order valence-electron chi connectivity index (χ0n) is 8.88. The van der Waals surface area contributed by atoms with E-state index in [1.165, 1.54) is 6.08 Å². The summed E-state index contributed by atoms with van der Waals surface area (Å²) >= 11 is 3.05. The van der Waals surface area contributed by atoms with Crippen molar-refractivity contribution in [2.45, 2.75) is 10.1 Å². The van der Waals surface area contributed by atoms with E-state index in [4.69, 9.17) is 4.55 Å². The Hall–Kier alpha value is -0.910. The summed E-state index contributed by atoms with van der Waals surface area (Å²) < 4.78 is 30.1. The third-order valence-corrected chi connectivity index (χ3v) is 5.62. The third-order valence-electron chi connectivity index (χ3n) is 2.65. The minimum absolute atomic E-state index is 0.201. The second-order valence-electron chi connectivity index (χ2n) is 3.82. The van der Waals surface area contributed by atoms with Crippen LogP contribution in [0.3, 0.4) is 0 Å². The summed E-state index contributed by atoms with van der Waals surface area (Å²) in [5.74, 6) is 0. The fourth-order valence-corrected chi connectivity index (χ4v) is 2.46. The molecule has 2 rings (SSSR count). The molecule has 0 saturated heterocycles. The number of benzene rings is 1. The second kappa shape index (κ2) is 4.40. The number of hydrogen-bond acceptors (Lipinski definition) is 2. The zero-order chi connectivity index (χ0) is 12.5. The summed E-state index contributed by atoms with van der Waals surface area (Å²) in [5, 5.41) is 0. The van der Waals surface area contributed by atoms with Crippen LogP contribution in [0.1, 0.15) is 12.0 Å². The van der Waals surface area contributed by atoms with Gasteiger partial charge in [-0.05, 0) is 17.2 Å². The highest BCUT2D eigenvalue weighted by atomic mass is 79.9. The molecule has 0 aliphatic heterocycles. The van der Waals surface area contributed by atoms with Gasteiger partial charge in [0.2, 0.25) is 0 Å². The van der Waals surface area contributed by atoms with E-state index >= 15 is 0 Å². The topological polar surface area (TPSA) is 54.4 Å². The maximum atomic E-state index is 11.2. The molecule has 0 amide bonds. The van der Waals surface area contributed by atoms with Gasteiger partial charge in [-0.15, -0.1) is 0 Å². The maximum absolute atomic E-state index is 11.2. The van der Waals surface area contributed by atoms with Crippen molar-refractivity contribution in [2.75, 3.05) is 0 Å². The predicted octanol–water partition coefficient (Wildman–Crippen LogP) is 3.01. The molecular weight excluding hydrogens is 304 g/mol. The van der Waals surface area contributed by atoms with Crippen LogP contribution < -0.4 is 0 Å². The summed E-state index contributed by atoms with van der Waals surface area (Å²) in [4.78, 5) is 0. The van der Waals surface area contributed by atoms with Crippen LogP contribution >= 0.6 is 15.9 Å². The number of allylic oxidation sites excluding steroid dienone is 3. The minimum Gasteiger partial charge on any atom is -0.284 e. The molecule has 0 aromatic heterocycles. The van der Waals surface area contributed by atoms with E-state index in [2.05, 4.69) is 15.9 Å². The van der Waals surface area contributed by atoms with Gasteiger partial charge in [-0.25, -0.2) is 0 Å². The molecule has 1 unspecified atom stereocenters. The first-order valence-electron chi connectivity index (χ1n) is 5.03. The first-order valence-corrected chi connectivity index (χ1v) is 7.26. The summed E-state index contributed by atoms with van der Waals surface area (Å²) in [6, 6.07) is 9.66. The van der Waals surface area contributed by atoms with Crippen molar-refractivity contribution >= 4 is 31.6 Å². The van der Waals surface area contributed by atoms with Gasteiger partial charge < -0.3 is 0 Å². The van der Waals surface area contributed by atoms with Crippen LogP contribution in [0, 0.1) is 0 Å². The molecule has 1 N–H and O–H groups in total. The van der Waals surface area contributed by atoms with E-state index in [1.807, 2.05) is 30.3 Å². The molecule has 1 aromatic carbocycles. The first-order chi connectivity index (χ1) is 7.92. The van der Waals surface area contributed by atoms with Crippen molar-refractivity contribution in [2.24, 2.45) is 0 Å². The fraction of sp³-hybridized carbons (Fsp3) is 0.167. The Kier molecular flexibility index (Phi) is 3.25. The van der Waals surface area contributed by atoms with Crippen LogP contribution in [-0.4, -0.2) is 16.6 Å². The normalized spacial score (nSPS) is 24.5.